The molecule has 0 saturated heterocycles. The van der Waals surface area contributed by atoms with Crippen LogP contribution in [-0.4, -0.2) is 25.5 Å². The van der Waals surface area contributed by atoms with Crippen molar-refractivity contribution < 1.29 is 8.42 Å². The Bertz CT molecular complexity index is 347. The Balaban J connectivity index is 2.14. The molecule has 2 rings (SSSR count). The Kier molecular flexibility index (Phi) is 5.07. The van der Waals surface area contributed by atoms with E-state index in [2.05, 4.69) is 0 Å². The highest BCUT2D eigenvalue weighted by molar-refractivity contribution is 7.92. The monoisotopic (exact) mass is 273 g/mol. The summed E-state index contributed by atoms with van der Waals surface area (Å²) in [6.45, 7) is 0.538. The maximum absolute atomic E-state index is 12.8. The number of nitrogens with two attached hydrogens (primary N) is 1. The molecule has 3 nitrogen and oxygen atoms in total. The minimum Gasteiger partial charge on any atom is -0.330 e. The Morgan fingerprint density at radius 3 is 2.00 bits per heavy atom. The first-order valence-corrected chi connectivity index (χ1v) is 9.20. The molecule has 4 heteroatoms. The average molecular weight is 273 g/mol. The molecule has 0 aliphatic heterocycles. The van der Waals surface area contributed by atoms with Crippen LogP contribution < -0.4 is 5.73 Å². The molecule has 0 aromatic rings. The molecule has 106 valence electrons. The summed E-state index contributed by atoms with van der Waals surface area (Å²) < 4.78 is 25.6. The third-order valence-electron chi connectivity index (χ3n) is 4.83. The molecule has 2 fully saturated rings. The highest BCUT2D eigenvalue weighted by Crippen LogP contribution is 2.34. The summed E-state index contributed by atoms with van der Waals surface area (Å²) in [5.74, 6) is 0.208. The Hall–Kier alpha value is -0.0900. The van der Waals surface area contributed by atoms with Gasteiger partial charge in [-0.3, -0.25) is 0 Å². The lowest BCUT2D eigenvalue weighted by molar-refractivity contribution is 0.433. The van der Waals surface area contributed by atoms with Gasteiger partial charge in [-0.05, 0) is 38.1 Å². The van der Waals surface area contributed by atoms with Gasteiger partial charge in [0, 0.05) is 0 Å². The van der Waals surface area contributed by atoms with E-state index in [-0.39, 0.29) is 16.4 Å². The zero-order valence-electron chi connectivity index (χ0n) is 11.3. The van der Waals surface area contributed by atoms with Crippen LogP contribution in [0.15, 0.2) is 0 Å². The number of hydrogen-bond donors (Lipinski definition) is 1. The maximum atomic E-state index is 12.8. The summed E-state index contributed by atoms with van der Waals surface area (Å²) in [6.07, 6.45) is 10.4. The van der Waals surface area contributed by atoms with Crippen molar-refractivity contribution in [2.45, 2.75) is 74.7 Å². The number of rotatable bonds is 3. The summed E-state index contributed by atoms with van der Waals surface area (Å²) in [5, 5.41) is -0.212. The van der Waals surface area contributed by atoms with E-state index in [0.717, 1.165) is 51.4 Å². The highest BCUT2D eigenvalue weighted by atomic mass is 32.2. The van der Waals surface area contributed by atoms with Crippen LogP contribution in [0.2, 0.25) is 0 Å². The summed E-state index contributed by atoms with van der Waals surface area (Å²) in [7, 11) is -2.95. The van der Waals surface area contributed by atoms with Gasteiger partial charge in [0.05, 0.1) is 10.5 Å². The van der Waals surface area contributed by atoms with E-state index in [1.54, 1.807) is 0 Å². The van der Waals surface area contributed by atoms with Gasteiger partial charge in [-0.15, -0.1) is 0 Å². The largest absolute Gasteiger partial charge is 0.330 e. The SMILES string of the molecule is NCC1CCCCCC1S(=O)(=O)C1CCCCC1. The van der Waals surface area contributed by atoms with Gasteiger partial charge in [-0.2, -0.15) is 0 Å². The molecule has 0 aromatic heterocycles. The van der Waals surface area contributed by atoms with Gasteiger partial charge in [0.2, 0.25) is 0 Å². The van der Waals surface area contributed by atoms with Crippen molar-refractivity contribution in [2.75, 3.05) is 6.54 Å². The lowest BCUT2D eigenvalue weighted by Gasteiger charge is -2.30. The van der Waals surface area contributed by atoms with Gasteiger partial charge in [-0.1, -0.05) is 38.5 Å². The van der Waals surface area contributed by atoms with E-state index in [0.29, 0.717) is 6.54 Å². The fraction of sp³-hybridized carbons (Fsp3) is 1.00. The molecule has 0 aromatic carbocycles. The van der Waals surface area contributed by atoms with Gasteiger partial charge in [0.15, 0.2) is 9.84 Å². The molecule has 0 radical (unpaired) electrons. The molecule has 2 atom stereocenters. The van der Waals surface area contributed by atoms with Crippen molar-refractivity contribution in [2.24, 2.45) is 11.7 Å². The molecule has 2 aliphatic rings. The minimum absolute atomic E-state index is 0.0663. The lowest BCUT2D eigenvalue weighted by atomic mass is 10.00. The second-order valence-electron chi connectivity index (χ2n) is 6.02. The fourth-order valence-electron chi connectivity index (χ4n) is 3.69. The Morgan fingerprint density at radius 2 is 1.39 bits per heavy atom. The van der Waals surface area contributed by atoms with Gasteiger partial charge in [0.1, 0.15) is 0 Å². The van der Waals surface area contributed by atoms with Crippen molar-refractivity contribution in [3.63, 3.8) is 0 Å². The first kappa shape index (κ1) is 14.3. The topological polar surface area (TPSA) is 60.2 Å². The molecule has 2 saturated carbocycles. The van der Waals surface area contributed by atoms with E-state index >= 15 is 0 Å². The second kappa shape index (κ2) is 6.38. The van der Waals surface area contributed by atoms with E-state index in [9.17, 15) is 8.42 Å². The molecule has 0 bridgehead atoms. The smallest absolute Gasteiger partial charge is 0.156 e. The van der Waals surface area contributed by atoms with E-state index in [4.69, 9.17) is 5.73 Å². The van der Waals surface area contributed by atoms with E-state index < -0.39 is 9.84 Å². The van der Waals surface area contributed by atoms with Crippen LogP contribution >= 0.6 is 0 Å². The first-order chi connectivity index (χ1) is 8.66. The summed E-state index contributed by atoms with van der Waals surface area (Å²) in [5.41, 5.74) is 5.82. The standard InChI is InChI=1S/C14H27NO2S/c15-11-12-7-3-1-6-10-14(12)18(16,17)13-8-4-2-5-9-13/h12-14H,1-11,15H2. The summed E-state index contributed by atoms with van der Waals surface area (Å²) in [4.78, 5) is 0. The van der Waals surface area contributed by atoms with Crippen molar-refractivity contribution in [1.29, 1.82) is 0 Å². The molecule has 2 N–H and O–H groups in total. The quantitative estimate of drug-likeness (QED) is 0.804. The summed E-state index contributed by atoms with van der Waals surface area (Å²) in [6, 6.07) is 0. The molecular formula is C14H27NO2S. The predicted molar refractivity (Wildman–Crippen MR) is 75.2 cm³/mol. The first-order valence-electron chi connectivity index (χ1n) is 7.59. The third kappa shape index (κ3) is 3.08. The van der Waals surface area contributed by atoms with Crippen LogP contribution in [0.5, 0.6) is 0 Å². The zero-order valence-corrected chi connectivity index (χ0v) is 12.1. The van der Waals surface area contributed by atoms with Crippen molar-refractivity contribution >= 4 is 9.84 Å². The molecule has 0 spiro atoms. The van der Waals surface area contributed by atoms with Gasteiger partial charge >= 0.3 is 0 Å². The van der Waals surface area contributed by atoms with Crippen molar-refractivity contribution in [1.82, 2.24) is 0 Å². The Labute approximate surface area is 111 Å². The normalized spacial score (nSPS) is 32.1. The third-order valence-corrected chi connectivity index (χ3v) is 7.70. The van der Waals surface area contributed by atoms with Crippen LogP contribution in [0.3, 0.4) is 0 Å². The van der Waals surface area contributed by atoms with Crippen molar-refractivity contribution in [3.05, 3.63) is 0 Å². The lowest BCUT2D eigenvalue weighted by Crippen LogP contribution is -2.40. The molecular weight excluding hydrogens is 246 g/mol. The molecule has 18 heavy (non-hydrogen) atoms. The van der Waals surface area contributed by atoms with E-state index in [1.807, 2.05) is 0 Å². The fourth-order valence-corrected chi connectivity index (χ4v) is 6.46. The molecule has 0 amide bonds. The molecule has 0 heterocycles. The second-order valence-corrected chi connectivity index (χ2v) is 8.47. The highest BCUT2D eigenvalue weighted by Gasteiger charge is 2.39. The predicted octanol–water partition coefficient (Wildman–Crippen LogP) is 2.64. The minimum atomic E-state index is -2.95. The Morgan fingerprint density at radius 1 is 0.833 bits per heavy atom. The van der Waals surface area contributed by atoms with Crippen LogP contribution in [0.1, 0.15) is 64.2 Å². The van der Waals surface area contributed by atoms with Gasteiger partial charge < -0.3 is 5.73 Å². The molecule has 2 aliphatic carbocycles. The summed E-state index contributed by atoms with van der Waals surface area (Å²) >= 11 is 0. The molecule has 2 unspecified atom stereocenters. The van der Waals surface area contributed by atoms with Crippen LogP contribution in [-0.2, 0) is 9.84 Å². The van der Waals surface area contributed by atoms with Crippen LogP contribution in [0.25, 0.3) is 0 Å². The van der Waals surface area contributed by atoms with Crippen LogP contribution in [0, 0.1) is 5.92 Å². The number of hydrogen-bond acceptors (Lipinski definition) is 3. The maximum Gasteiger partial charge on any atom is 0.156 e. The van der Waals surface area contributed by atoms with Gasteiger partial charge in [-0.25, -0.2) is 8.42 Å². The van der Waals surface area contributed by atoms with Crippen molar-refractivity contribution in [3.8, 4) is 0 Å². The average Bonchev–Trinajstić information content (AvgIpc) is 2.65. The van der Waals surface area contributed by atoms with Crippen LogP contribution in [0.4, 0.5) is 0 Å². The van der Waals surface area contributed by atoms with Gasteiger partial charge in [0.25, 0.3) is 0 Å². The zero-order chi connectivity index (χ0) is 13.0. The van der Waals surface area contributed by atoms with E-state index in [1.165, 1.54) is 12.8 Å². The number of sulfone groups is 1.